The first-order valence-corrected chi connectivity index (χ1v) is 8.42. The molecule has 0 radical (unpaired) electrons. The number of aromatic nitrogens is 1. The molecule has 2 fully saturated rings. The molecule has 0 aromatic carbocycles. The molecule has 1 aliphatic carbocycles. The highest BCUT2D eigenvalue weighted by Crippen LogP contribution is 2.39. The fraction of sp³-hybridized carbons (Fsp3) is 0.800. The first kappa shape index (κ1) is 13.5. The van der Waals surface area contributed by atoms with Gasteiger partial charge in [-0.15, -0.1) is 11.3 Å². The molecule has 2 heterocycles. The zero-order chi connectivity index (χ0) is 13.1. The smallest absolute Gasteiger partial charge is 0.0897 e. The molecule has 4 heteroatoms. The van der Waals surface area contributed by atoms with Gasteiger partial charge in [0.2, 0.25) is 0 Å². The third-order valence-electron chi connectivity index (χ3n) is 4.49. The molecule has 1 saturated heterocycles. The number of hydrogen-bond acceptors (Lipinski definition) is 4. The number of thiazole rings is 1. The molecule has 1 atom stereocenters. The summed E-state index contributed by atoms with van der Waals surface area (Å²) in [5.41, 5.74) is 1.46. The van der Waals surface area contributed by atoms with Gasteiger partial charge in [0.1, 0.15) is 0 Å². The van der Waals surface area contributed by atoms with Gasteiger partial charge in [0.05, 0.1) is 16.3 Å². The van der Waals surface area contributed by atoms with Gasteiger partial charge in [-0.05, 0) is 32.6 Å². The highest BCUT2D eigenvalue weighted by molar-refractivity contribution is 7.09. The summed E-state index contributed by atoms with van der Waals surface area (Å²) in [6.07, 6.45) is 8.68. The summed E-state index contributed by atoms with van der Waals surface area (Å²) in [4.78, 5) is 4.52. The van der Waals surface area contributed by atoms with E-state index in [9.17, 15) is 0 Å². The van der Waals surface area contributed by atoms with E-state index in [1.54, 1.807) is 11.3 Å². The highest BCUT2D eigenvalue weighted by atomic mass is 32.1. The van der Waals surface area contributed by atoms with Gasteiger partial charge >= 0.3 is 0 Å². The average molecular weight is 280 g/mol. The lowest BCUT2D eigenvalue weighted by atomic mass is 9.89. The third-order valence-corrected chi connectivity index (χ3v) is 5.31. The molecule has 1 unspecified atom stereocenters. The number of nitrogens with one attached hydrogen (secondary N) is 1. The minimum absolute atomic E-state index is 0.229. The van der Waals surface area contributed by atoms with Crippen LogP contribution in [0.5, 0.6) is 0 Å². The molecule has 0 bridgehead atoms. The van der Waals surface area contributed by atoms with Crippen molar-refractivity contribution in [2.24, 2.45) is 0 Å². The van der Waals surface area contributed by atoms with Gasteiger partial charge in [0.15, 0.2) is 0 Å². The van der Waals surface area contributed by atoms with Gasteiger partial charge in [-0.3, -0.25) is 0 Å². The summed E-state index contributed by atoms with van der Waals surface area (Å²) in [5, 5.41) is 7.07. The Morgan fingerprint density at radius 1 is 1.47 bits per heavy atom. The fourth-order valence-electron chi connectivity index (χ4n) is 3.50. The van der Waals surface area contributed by atoms with E-state index in [4.69, 9.17) is 4.74 Å². The predicted octanol–water partition coefficient (Wildman–Crippen LogP) is 3.08. The second kappa shape index (κ2) is 5.90. The third kappa shape index (κ3) is 3.36. The SMILES string of the molecule is Cc1nc(CCNC2CCOC3(CCCC3)C2)cs1. The monoisotopic (exact) mass is 280 g/mol. The Kier molecular flexibility index (Phi) is 4.20. The van der Waals surface area contributed by atoms with Crippen LogP contribution in [0.4, 0.5) is 0 Å². The van der Waals surface area contributed by atoms with Crippen LogP contribution in [0.15, 0.2) is 5.38 Å². The van der Waals surface area contributed by atoms with Crippen molar-refractivity contribution >= 4 is 11.3 Å². The van der Waals surface area contributed by atoms with E-state index in [-0.39, 0.29) is 5.60 Å². The van der Waals surface area contributed by atoms with E-state index in [0.717, 1.165) is 26.0 Å². The van der Waals surface area contributed by atoms with Gasteiger partial charge in [0, 0.05) is 31.0 Å². The number of hydrogen-bond donors (Lipinski definition) is 1. The van der Waals surface area contributed by atoms with Gasteiger partial charge in [0.25, 0.3) is 0 Å². The first-order valence-electron chi connectivity index (χ1n) is 7.54. The fourth-order valence-corrected chi connectivity index (χ4v) is 4.14. The lowest BCUT2D eigenvalue weighted by molar-refractivity contribution is -0.0834. The topological polar surface area (TPSA) is 34.2 Å². The molecule has 1 N–H and O–H groups in total. The summed E-state index contributed by atoms with van der Waals surface area (Å²) in [7, 11) is 0. The largest absolute Gasteiger partial charge is 0.375 e. The van der Waals surface area contributed by atoms with Crippen LogP contribution in [-0.2, 0) is 11.2 Å². The maximum Gasteiger partial charge on any atom is 0.0897 e. The van der Waals surface area contributed by atoms with E-state index in [2.05, 4.69) is 22.6 Å². The average Bonchev–Trinajstić information content (AvgIpc) is 3.00. The van der Waals surface area contributed by atoms with Crippen LogP contribution in [0.1, 0.15) is 49.2 Å². The van der Waals surface area contributed by atoms with E-state index in [1.807, 2.05) is 0 Å². The van der Waals surface area contributed by atoms with Crippen molar-refractivity contribution in [3.05, 3.63) is 16.1 Å². The predicted molar refractivity (Wildman–Crippen MR) is 78.7 cm³/mol. The zero-order valence-corrected chi connectivity index (χ0v) is 12.6. The highest BCUT2D eigenvalue weighted by Gasteiger charge is 2.39. The molecule has 1 saturated carbocycles. The molecular formula is C15H24N2OS. The summed E-state index contributed by atoms with van der Waals surface area (Å²) < 4.78 is 6.07. The van der Waals surface area contributed by atoms with Crippen molar-refractivity contribution in [2.75, 3.05) is 13.2 Å². The Balaban J connectivity index is 1.45. The van der Waals surface area contributed by atoms with Crippen LogP contribution in [0.2, 0.25) is 0 Å². The molecule has 1 aliphatic heterocycles. The van der Waals surface area contributed by atoms with Crippen LogP contribution < -0.4 is 5.32 Å². The Bertz CT molecular complexity index is 412. The summed E-state index contributed by atoms with van der Waals surface area (Å²) in [5.74, 6) is 0. The van der Waals surface area contributed by atoms with E-state index in [0.29, 0.717) is 6.04 Å². The molecule has 1 aromatic heterocycles. The standard InChI is InChI=1S/C15H24N2OS/c1-12-17-14(11-19-12)4-8-16-13-5-9-18-15(10-13)6-2-3-7-15/h11,13,16H,2-10H2,1H3. The van der Waals surface area contributed by atoms with Crippen LogP contribution in [0.25, 0.3) is 0 Å². The Morgan fingerprint density at radius 2 is 2.32 bits per heavy atom. The minimum Gasteiger partial charge on any atom is -0.375 e. The molecule has 1 spiro atoms. The normalized spacial score (nSPS) is 26.1. The van der Waals surface area contributed by atoms with E-state index in [1.165, 1.54) is 42.8 Å². The Labute approximate surface area is 119 Å². The lowest BCUT2D eigenvalue weighted by Crippen LogP contribution is -2.46. The molecule has 19 heavy (non-hydrogen) atoms. The quantitative estimate of drug-likeness (QED) is 0.920. The van der Waals surface area contributed by atoms with Crippen molar-refractivity contribution in [1.29, 1.82) is 0 Å². The first-order chi connectivity index (χ1) is 9.26. The van der Waals surface area contributed by atoms with E-state index < -0.39 is 0 Å². The van der Waals surface area contributed by atoms with Gasteiger partial charge in [-0.25, -0.2) is 4.98 Å². The van der Waals surface area contributed by atoms with Crippen molar-refractivity contribution in [1.82, 2.24) is 10.3 Å². The number of nitrogens with zero attached hydrogens (tertiary/aromatic N) is 1. The van der Waals surface area contributed by atoms with Crippen LogP contribution in [-0.4, -0.2) is 29.8 Å². The number of ether oxygens (including phenoxy) is 1. The zero-order valence-electron chi connectivity index (χ0n) is 11.8. The van der Waals surface area contributed by atoms with Crippen LogP contribution in [0, 0.1) is 6.92 Å². The molecule has 0 amide bonds. The van der Waals surface area contributed by atoms with Crippen LogP contribution in [0.3, 0.4) is 0 Å². The summed E-state index contributed by atoms with van der Waals surface area (Å²) >= 11 is 1.75. The number of rotatable bonds is 4. The summed E-state index contributed by atoms with van der Waals surface area (Å²) in [6, 6.07) is 0.645. The Morgan fingerprint density at radius 3 is 3.05 bits per heavy atom. The van der Waals surface area contributed by atoms with Crippen molar-refractivity contribution < 1.29 is 4.74 Å². The maximum atomic E-state index is 6.07. The molecule has 1 aromatic rings. The van der Waals surface area contributed by atoms with Gasteiger partial charge < -0.3 is 10.1 Å². The van der Waals surface area contributed by atoms with Crippen molar-refractivity contribution in [3.63, 3.8) is 0 Å². The molecule has 2 aliphatic rings. The molecule has 3 nitrogen and oxygen atoms in total. The molecule has 106 valence electrons. The van der Waals surface area contributed by atoms with Gasteiger partial charge in [-0.2, -0.15) is 0 Å². The van der Waals surface area contributed by atoms with Crippen molar-refractivity contribution in [2.45, 2.75) is 63.5 Å². The van der Waals surface area contributed by atoms with Crippen molar-refractivity contribution in [3.8, 4) is 0 Å². The minimum atomic E-state index is 0.229. The molecule has 3 rings (SSSR count). The van der Waals surface area contributed by atoms with Gasteiger partial charge in [-0.1, -0.05) is 12.8 Å². The lowest BCUT2D eigenvalue weighted by Gasteiger charge is -2.38. The second-order valence-electron chi connectivity index (χ2n) is 5.99. The molecular weight excluding hydrogens is 256 g/mol. The summed E-state index contributed by atoms with van der Waals surface area (Å²) in [6.45, 7) is 4.06. The number of aryl methyl sites for hydroxylation is 1. The second-order valence-corrected chi connectivity index (χ2v) is 7.05. The van der Waals surface area contributed by atoms with Crippen LogP contribution >= 0.6 is 11.3 Å². The maximum absolute atomic E-state index is 6.07. The Hall–Kier alpha value is -0.450. The van der Waals surface area contributed by atoms with E-state index >= 15 is 0 Å².